The van der Waals surface area contributed by atoms with Gasteiger partial charge in [-0.1, -0.05) is 12.1 Å². The molecule has 3 rings (SSSR count). The van der Waals surface area contributed by atoms with Crippen LogP contribution in [0.15, 0.2) is 24.4 Å². The van der Waals surface area contributed by atoms with E-state index < -0.39 is 11.4 Å². The van der Waals surface area contributed by atoms with Crippen LogP contribution in [0.25, 0.3) is 10.9 Å². The summed E-state index contributed by atoms with van der Waals surface area (Å²) >= 11 is 0. The number of urea groups is 1. The van der Waals surface area contributed by atoms with Crippen LogP contribution < -0.4 is 5.32 Å². The molecule has 2 amide bonds. The Morgan fingerprint density at radius 3 is 2.92 bits per heavy atom. The van der Waals surface area contributed by atoms with Gasteiger partial charge in [-0.15, -0.1) is 0 Å². The SMILES string of the molecule is Cc1ccc2c(CCNC(=O)N3CCC(C)(C(=O)O)C3)c[nH]c2c1. The van der Waals surface area contributed by atoms with Crippen molar-refractivity contribution in [3.05, 3.63) is 35.5 Å². The molecule has 0 aliphatic carbocycles. The Labute approximate surface area is 140 Å². The second-order valence-corrected chi connectivity index (χ2v) is 6.88. The minimum atomic E-state index is -0.841. The van der Waals surface area contributed by atoms with Crippen LogP contribution in [0, 0.1) is 12.3 Å². The smallest absolute Gasteiger partial charge is 0.317 e. The van der Waals surface area contributed by atoms with Crippen molar-refractivity contribution in [2.75, 3.05) is 19.6 Å². The molecule has 1 unspecified atom stereocenters. The van der Waals surface area contributed by atoms with E-state index in [4.69, 9.17) is 0 Å². The van der Waals surface area contributed by atoms with Crippen molar-refractivity contribution in [3.8, 4) is 0 Å². The standard InChI is InChI=1S/C18H23N3O3/c1-12-3-4-14-13(10-20-15(14)9-12)5-7-19-17(24)21-8-6-18(2,11-21)16(22)23/h3-4,9-10,20H,5-8,11H2,1-2H3,(H,19,24)(H,22,23). The van der Waals surface area contributed by atoms with E-state index in [0.717, 1.165) is 11.9 Å². The van der Waals surface area contributed by atoms with Crippen LogP contribution in [0.1, 0.15) is 24.5 Å². The summed E-state index contributed by atoms with van der Waals surface area (Å²) in [5.41, 5.74) is 2.65. The van der Waals surface area contributed by atoms with Crippen LogP contribution in [0.4, 0.5) is 4.79 Å². The molecule has 0 radical (unpaired) electrons. The summed E-state index contributed by atoms with van der Waals surface area (Å²) in [4.78, 5) is 28.3. The van der Waals surface area contributed by atoms with E-state index >= 15 is 0 Å². The van der Waals surface area contributed by atoms with Gasteiger partial charge in [0.25, 0.3) is 0 Å². The van der Waals surface area contributed by atoms with Gasteiger partial charge in [0.2, 0.25) is 0 Å². The van der Waals surface area contributed by atoms with Gasteiger partial charge in [-0.3, -0.25) is 4.79 Å². The Bertz CT molecular complexity index is 783. The minimum absolute atomic E-state index is 0.185. The minimum Gasteiger partial charge on any atom is -0.481 e. The molecule has 6 nitrogen and oxygen atoms in total. The molecule has 6 heteroatoms. The molecule has 0 bridgehead atoms. The first-order valence-electron chi connectivity index (χ1n) is 8.22. The number of nitrogens with zero attached hydrogens (tertiary/aromatic N) is 1. The molecule has 1 aliphatic rings. The maximum Gasteiger partial charge on any atom is 0.317 e. The van der Waals surface area contributed by atoms with Crippen molar-refractivity contribution >= 4 is 22.9 Å². The predicted molar refractivity (Wildman–Crippen MR) is 92.1 cm³/mol. The quantitative estimate of drug-likeness (QED) is 0.806. The van der Waals surface area contributed by atoms with Gasteiger partial charge in [-0.25, -0.2) is 4.79 Å². The zero-order valence-corrected chi connectivity index (χ0v) is 14.1. The van der Waals surface area contributed by atoms with Crippen molar-refractivity contribution in [2.24, 2.45) is 5.41 Å². The number of aliphatic carboxylic acids is 1. The fourth-order valence-electron chi connectivity index (χ4n) is 3.23. The number of nitrogens with one attached hydrogen (secondary N) is 2. The number of hydrogen-bond acceptors (Lipinski definition) is 2. The lowest BCUT2D eigenvalue weighted by atomic mass is 9.90. The number of likely N-dealkylation sites (tertiary alicyclic amines) is 1. The Hall–Kier alpha value is -2.50. The van der Waals surface area contributed by atoms with Crippen molar-refractivity contribution in [1.29, 1.82) is 0 Å². The van der Waals surface area contributed by atoms with Crippen LogP contribution in [0.2, 0.25) is 0 Å². The summed E-state index contributed by atoms with van der Waals surface area (Å²) < 4.78 is 0. The number of H-pyrrole nitrogens is 1. The maximum absolute atomic E-state index is 12.2. The highest BCUT2D eigenvalue weighted by molar-refractivity contribution is 5.84. The summed E-state index contributed by atoms with van der Waals surface area (Å²) in [5.74, 6) is -0.841. The molecule has 0 spiro atoms. The number of fused-ring (bicyclic) bond motifs is 1. The maximum atomic E-state index is 12.2. The van der Waals surface area contributed by atoms with Gasteiger partial charge < -0.3 is 20.3 Å². The topological polar surface area (TPSA) is 85.4 Å². The third-order valence-corrected chi connectivity index (χ3v) is 4.87. The van der Waals surface area contributed by atoms with Crippen molar-refractivity contribution < 1.29 is 14.7 Å². The van der Waals surface area contributed by atoms with Gasteiger partial charge in [0.15, 0.2) is 0 Å². The summed E-state index contributed by atoms with van der Waals surface area (Å²) in [7, 11) is 0. The molecule has 1 aliphatic heterocycles. The summed E-state index contributed by atoms with van der Waals surface area (Å²) in [6.07, 6.45) is 3.21. The molecule has 1 saturated heterocycles. The Kier molecular flexibility index (Phi) is 4.22. The zero-order chi connectivity index (χ0) is 17.3. The Morgan fingerprint density at radius 2 is 2.21 bits per heavy atom. The first-order chi connectivity index (χ1) is 11.4. The van der Waals surface area contributed by atoms with Gasteiger partial charge in [0, 0.05) is 36.7 Å². The van der Waals surface area contributed by atoms with Crippen LogP contribution in [-0.4, -0.2) is 46.6 Å². The molecule has 1 fully saturated rings. The second-order valence-electron chi connectivity index (χ2n) is 6.88. The van der Waals surface area contributed by atoms with Crippen molar-refractivity contribution in [2.45, 2.75) is 26.7 Å². The molecule has 1 aromatic carbocycles. The van der Waals surface area contributed by atoms with Crippen LogP contribution in [0.5, 0.6) is 0 Å². The van der Waals surface area contributed by atoms with Gasteiger partial charge in [-0.05, 0) is 43.9 Å². The summed E-state index contributed by atoms with van der Waals surface area (Å²) in [6.45, 7) is 5.03. The van der Waals surface area contributed by atoms with E-state index in [1.165, 1.54) is 16.5 Å². The lowest BCUT2D eigenvalue weighted by Gasteiger charge is -2.20. The highest BCUT2D eigenvalue weighted by Crippen LogP contribution is 2.30. The van der Waals surface area contributed by atoms with E-state index in [1.54, 1.807) is 11.8 Å². The van der Waals surface area contributed by atoms with Crippen molar-refractivity contribution in [3.63, 3.8) is 0 Å². The first kappa shape index (κ1) is 16.4. The number of carboxylic acid groups (broad SMARTS) is 1. The van der Waals surface area contributed by atoms with E-state index in [1.807, 2.05) is 6.20 Å². The summed E-state index contributed by atoms with van der Waals surface area (Å²) in [5, 5.41) is 13.3. The number of rotatable bonds is 4. The fraction of sp³-hybridized carbons (Fsp3) is 0.444. The molecule has 1 atom stereocenters. The van der Waals surface area contributed by atoms with Gasteiger partial charge in [-0.2, -0.15) is 0 Å². The molecule has 1 aromatic heterocycles. The number of carboxylic acids is 1. The largest absolute Gasteiger partial charge is 0.481 e. The zero-order valence-electron chi connectivity index (χ0n) is 14.1. The third-order valence-electron chi connectivity index (χ3n) is 4.87. The Balaban J connectivity index is 1.55. The molecule has 128 valence electrons. The number of aromatic nitrogens is 1. The van der Waals surface area contributed by atoms with E-state index in [0.29, 0.717) is 19.5 Å². The molecule has 24 heavy (non-hydrogen) atoms. The van der Waals surface area contributed by atoms with Gasteiger partial charge in [0.1, 0.15) is 0 Å². The van der Waals surface area contributed by atoms with Crippen LogP contribution >= 0.6 is 0 Å². The first-order valence-corrected chi connectivity index (χ1v) is 8.22. The van der Waals surface area contributed by atoms with Crippen LogP contribution in [0.3, 0.4) is 0 Å². The monoisotopic (exact) mass is 329 g/mol. The molecule has 3 N–H and O–H groups in total. The number of aryl methyl sites for hydroxylation is 1. The molecular formula is C18H23N3O3. The highest BCUT2D eigenvalue weighted by Gasteiger charge is 2.42. The van der Waals surface area contributed by atoms with Crippen molar-refractivity contribution in [1.82, 2.24) is 15.2 Å². The molecule has 2 heterocycles. The van der Waals surface area contributed by atoms with Gasteiger partial charge >= 0.3 is 12.0 Å². The molecule has 2 aromatic rings. The number of aromatic amines is 1. The van der Waals surface area contributed by atoms with Crippen LogP contribution in [-0.2, 0) is 11.2 Å². The number of amides is 2. The normalized spacial score (nSPS) is 20.5. The Morgan fingerprint density at radius 1 is 1.42 bits per heavy atom. The van der Waals surface area contributed by atoms with E-state index in [-0.39, 0.29) is 12.6 Å². The fourth-order valence-corrected chi connectivity index (χ4v) is 3.23. The predicted octanol–water partition coefficient (Wildman–Crippen LogP) is 2.53. The number of benzene rings is 1. The number of carbonyl (C=O) groups is 2. The number of carbonyl (C=O) groups excluding carboxylic acids is 1. The average Bonchev–Trinajstić information content (AvgIpc) is 3.12. The van der Waals surface area contributed by atoms with E-state index in [9.17, 15) is 14.7 Å². The number of hydrogen-bond donors (Lipinski definition) is 3. The highest BCUT2D eigenvalue weighted by atomic mass is 16.4. The molecule has 0 saturated carbocycles. The lowest BCUT2D eigenvalue weighted by molar-refractivity contribution is -0.146. The second kappa shape index (κ2) is 6.19. The average molecular weight is 329 g/mol. The summed E-state index contributed by atoms with van der Waals surface area (Å²) in [6, 6.07) is 6.09. The third kappa shape index (κ3) is 3.09. The van der Waals surface area contributed by atoms with E-state index in [2.05, 4.69) is 35.4 Å². The molecular weight excluding hydrogens is 306 g/mol. The van der Waals surface area contributed by atoms with Gasteiger partial charge in [0.05, 0.1) is 5.41 Å². The lowest BCUT2D eigenvalue weighted by Crippen LogP contribution is -2.41.